The number of aliphatic hydroxyl groups excluding tert-OH is 1. The lowest BCUT2D eigenvalue weighted by atomic mass is 9.95. The average molecular weight is 402 g/mol. The van der Waals surface area contributed by atoms with Gasteiger partial charge >= 0.3 is 0 Å². The molecule has 1 amide bonds. The Bertz CT molecular complexity index is 921. The van der Waals surface area contributed by atoms with Crippen LogP contribution in [0.1, 0.15) is 38.4 Å². The van der Waals surface area contributed by atoms with Crippen molar-refractivity contribution in [1.29, 1.82) is 0 Å². The van der Waals surface area contributed by atoms with Crippen LogP contribution in [0.2, 0.25) is 0 Å². The minimum atomic E-state index is -0.623. The van der Waals surface area contributed by atoms with Crippen LogP contribution in [-0.4, -0.2) is 58.8 Å². The average Bonchev–Trinajstić information content (AvgIpc) is 3.12. The highest BCUT2D eigenvalue weighted by atomic mass is 32.1. The number of ketones is 1. The number of amides is 1. The van der Waals surface area contributed by atoms with Crippen molar-refractivity contribution in [3.63, 3.8) is 0 Å². The van der Waals surface area contributed by atoms with Crippen LogP contribution in [0.25, 0.3) is 0 Å². The Kier molecular flexibility index (Phi) is 5.90. The number of nitrogens with zero attached hydrogens (tertiary/aromatic N) is 3. The molecule has 2 N–H and O–H groups in total. The molecule has 148 valence electrons. The van der Waals surface area contributed by atoms with E-state index in [0.717, 1.165) is 23.5 Å². The van der Waals surface area contributed by atoms with Gasteiger partial charge in [0.05, 0.1) is 47.8 Å². The maximum Gasteiger partial charge on any atom is 0.290 e. The number of aromatic nitrogens is 2. The maximum absolute atomic E-state index is 13.3. The Balaban J connectivity index is 2.01. The standard InChI is InChI=1S/C20H24N4O3S/c1-12-19(28-13(2)22-12)17(25)15-16(14-6-8-21-9-7-14)24(20(27)18(15)26)11-5-10-23(3)4/h6-9,16,26H,5,10-11H2,1-4H3/p+1/t16-/m1/s1. The number of aryl methyl sites for hydroxylation is 2. The highest BCUT2D eigenvalue weighted by Crippen LogP contribution is 2.39. The van der Waals surface area contributed by atoms with E-state index in [9.17, 15) is 14.7 Å². The molecule has 0 spiro atoms. The van der Waals surface area contributed by atoms with Gasteiger partial charge in [0.2, 0.25) is 5.78 Å². The molecule has 0 saturated heterocycles. The fourth-order valence-electron chi connectivity index (χ4n) is 3.48. The minimum Gasteiger partial charge on any atom is -0.503 e. The second kappa shape index (κ2) is 8.20. The molecule has 7 nitrogen and oxygen atoms in total. The van der Waals surface area contributed by atoms with Crippen LogP contribution in [0.4, 0.5) is 0 Å². The molecule has 1 aliphatic rings. The lowest BCUT2D eigenvalue weighted by Gasteiger charge is -2.26. The highest BCUT2D eigenvalue weighted by Gasteiger charge is 2.44. The molecule has 0 aliphatic carbocycles. The smallest absolute Gasteiger partial charge is 0.290 e. The highest BCUT2D eigenvalue weighted by molar-refractivity contribution is 7.14. The van der Waals surface area contributed by atoms with Crippen LogP contribution in [0.5, 0.6) is 0 Å². The van der Waals surface area contributed by atoms with Gasteiger partial charge in [-0.25, -0.2) is 4.98 Å². The maximum atomic E-state index is 13.3. The van der Waals surface area contributed by atoms with Crippen LogP contribution in [0.3, 0.4) is 0 Å². The molecule has 0 radical (unpaired) electrons. The van der Waals surface area contributed by atoms with Crippen LogP contribution >= 0.6 is 11.3 Å². The third-order valence-electron chi connectivity index (χ3n) is 4.76. The van der Waals surface area contributed by atoms with Crippen molar-refractivity contribution in [2.75, 3.05) is 27.2 Å². The van der Waals surface area contributed by atoms with Crippen LogP contribution < -0.4 is 4.90 Å². The monoisotopic (exact) mass is 401 g/mol. The first kappa shape index (κ1) is 20.2. The molecule has 3 rings (SSSR count). The number of quaternary nitrogens is 1. The molecule has 28 heavy (non-hydrogen) atoms. The number of rotatable bonds is 7. The molecule has 3 heterocycles. The molecule has 1 atom stereocenters. The Morgan fingerprint density at radius 3 is 2.54 bits per heavy atom. The molecule has 0 fully saturated rings. The molecule has 0 bridgehead atoms. The van der Waals surface area contributed by atoms with Crippen LogP contribution in [0.15, 0.2) is 35.9 Å². The fraction of sp³-hybridized carbons (Fsp3) is 0.400. The number of pyridine rings is 1. The van der Waals surface area contributed by atoms with E-state index in [2.05, 4.69) is 9.97 Å². The summed E-state index contributed by atoms with van der Waals surface area (Å²) >= 11 is 1.28. The number of Topliss-reactive ketones (excluding diaryl/α,β-unsaturated/α-hetero) is 1. The fourth-order valence-corrected chi connectivity index (χ4v) is 4.35. The van der Waals surface area contributed by atoms with Crippen LogP contribution in [0, 0.1) is 13.8 Å². The van der Waals surface area contributed by atoms with Gasteiger partial charge in [0.15, 0.2) is 5.76 Å². The predicted octanol–water partition coefficient (Wildman–Crippen LogP) is 1.27. The minimum absolute atomic E-state index is 0.125. The summed E-state index contributed by atoms with van der Waals surface area (Å²) in [6, 6.07) is 2.93. The van der Waals surface area contributed by atoms with E-state index in [1.165, 1.54) is 16.2 Å². The van der Waals surface area contributed by atoms with Gasteiger partial charge in [-0.2, -0.15) is 0 Å². The lowest BCUT2D eigenvalue weighted by Crippen LogP contribution is -3.05. The van der Waals surface area contributed by atoms with Gasteiger partial charge in [-0.15, -0.1) is 11.3 Å². The summed E-state index contributed by atoms with van der Waals surface area (Å²) in [7, 11) is 4.09. The topological polar surface area (TPSA) is 87.8 Å². The second-order valence-corrected chi connectivity index (χ2v) is 8.43. The van der Waals surface area contributed by atoms with Gasteiger partial charge in [0.1, 0.15) is 0 Å². The largest absolute Gasteiger partial charge is 0.503 e. The first-order chi connectivity index (χ1) is 13.3. The molecule has 1 aliphatic heterocycles. The molecule has 2 aromatic rings. The molecule has 0 aromatic carbocycles. The van der Waals surface area contributed by atoms with Gasteiger partial charge in [0, 0.05) is 25.4 Å². The third-order valence-corrected chi connectivity index (χ3v) is 5.83. The number of thiazole rings is 1. The first-order valence-electron chi connectivity index (χ1n) is 9.23. The van der Waals surface area contributed by atoms with Gasteiger partial charge in [0.25, 0.3) is 5.91 Å². The van der Waals surface area contributed by atoms with Crippen molar-refractivity contribution in [2.24, 2.45) is 0 Å². The van der Waals surface area contributed by atoms with Crippen molar-refractivity contribution >= 4 is 23.0 Å². The normalized spacial score (nSPS) is 17.1. The summed E-state index contributed by atoms with van der Waals surface area (Å²) < 4.78 is 0. The summed E-state index contributed by atoms with van der Waals surface area (Å²) in [5.41, 5.74) is 1.50. The lowest BCUT2D eigenvalue weighted by molar-refractivity contribution is -0.858. The molecular formula is C20H25N4O3S+. The Morgan fingerprint density at radius 1 is 1.29 bits per heavy atom. The van der Waals surface area contributed by atoms with Crippen molar-refractivity contribution < 1.29 is 19.6 Å². The number of hydrogen-bond acceptors (Lipinski definition) is 6. The number of aliphatic hydroxyl groups is 1. The van der Waals surface area contributed by atoms with Crippen molar-refractivity contribution in [3.05, 3.63) is 57.0 Å². The van der Waals surface area contributed by atoms with Crippen molar-refractivity contribution in [2.45, 2.75) is 26.3 Å². The van der Waals surface area contributed by atoms with E-state index in [1.54, 1.807) is 36.4 Å². The van der Waals surface area contributed by atoms with E-state index in [4.69, 9.17) is 0 Å². The summed E-state index contributed by atoms with van der Waals surface area (Å²) in [5.74, 6) is -1.30. The van der Waals surface area contributed by atoms with E-state index in [0.29, 0.717) is 17.1 Å². The summed E-state index contributed by atoms with van der Waals surface area (Å²) in [5, 5.41) is 11.4. The number of nitrogens with one attached hydrogen (secondary N) is 1. The number of hydrogen-bond donors (Lipinski definition) is 2. The Hall–Kier alpha value is -2.58. The van der Waals surface area contributed by atoms with Crippen LogP contribution in [-0.2, 0) is 4.79 Å². The Labute approximate surface area is 168 Å². The van der Waals surface area contributed by atoms with Crippen molar-refractivity contribution in [1.82, 2.24) is 14.9 Å². The zero-order valence-corrected chi connectivity index (χ0v) is 17.3. The van der Waals surface area contributed by atoms with E-state index in [-0.39, 0.29) is 11.4 Å². The van der Waals surface area contributed by atoms with Gasteiger partial charge in [-0.05, 0) is 31.5 Å². The van der Waals surface area contributed by atoms with Gasteiger partial charge in [-0.3, -0.25) is 14.6 Å². The number of carbonyl (C=O) groups excluding carboxylic acids is 2. The second-order valence-electron chi connectivity index (χ2n) is 7.23. The summed E-state index contributed by atoms with van der Waals surface area (Å²) in [4.78, 5) is 37.8. The SMILES string of the molecule is Cc1nc(C)c(C(=O)C2=C(O)C(=O)N(CCC[NH+](C)C)[C@@H]2c2ccncc2)s1. The molecule has 2 aromatic heterocycles. The molecule has 8 heteroatoms. The Morgan fingerprint density at radius 2 is 1.96 bits per heavy atom. The van der Waals surface area contributed by atoms with E-state index < -0.39 is 17.7 Å². The zero-order chi connectivity index (χ0) is 20.4. The molecular weight excluding hydrogens is 376 g/mol. The first-order valence-corrected chi connectivity index (χ1v) is 10.0. The van der Waals surface area contributed by atoms with Gasteiger partial charge < -0.3 is 14.9 Å². The zero-order valence-electron chi connectivity index (χ0n) is 16.5. The predicted molar refractivity (Wildman–Crippen MR) is 107 cm³/mol. The third kappa shape index (κ3) is 3.83. The molecule has 0 saturated carbocycles. The number of carbonyl (C=O) groups is 2. The van der Waals surface area contributed by atoms with E-state index in [1.807, 2.05) is 21.0 Å². The molecule has 0 unspecified atom stereocenters. The summed E-state index contributed by atoms with van der Waals surface area (Å²) in [6.07, 6.45) is 4.02. The summed E-state index contributed by atoms with van der Waals surface area (Å²) in [6.45, 7) is 4.94. The van der Waals surface area contributed by atoms with E-state index >= 15 is 0 Å². The van der Waals surface area contributed by atoms with Crippen molar-refractivity contribution in [3.8, 4) is 0 Å². The quantitative estimate of drug-likeness (QED) is 0.682. The van der Waals surface area contributed by atoms with Gasteiger partial charge in [-0.1, -0.05) is 0 Å².